The molecule has 2 heterocycles. The molecule has 0 saturated carbocycles. The number of nitrogens with one attached hydrogen (secondary N) is 1. The molecule has 1 fully saturated rings. The van der Waals surface area contributed by atoms with Crippen LogP contribution in [0.3, 0.4) is 0 Å². The molecule has 1 aromatic heterocycles. The van der Waals surface area contributed by atoms with Crippen LogP contribution in [0.2, 0.25) is 5.02 Å². The molecule has 88 valence electrons. The van der Waals surface area contributed by atoms with Crippen molar-refractivity contribution in [1.82, 2.24) is 9.97 Å². The molecule has 0 spiro atoms. The van der Waals surface area contributed by atoms with Gasteiger partial charge in [0, 0.05) is 13.2 Å². The first-order valence-electron chi connectivity index (χ1n) is 5.39. The number of halogens is 1. The Hall–Kier alpha value is -1.07. The van der Waals surface area contributed by atoms with E-state index in [1.807, 2.05) is 0 Å². The largest absolute Gasteiger partial charge is 0.378 e. The predicted octanol–water partition coefficient (Wildman–Crippen LogP) is 1.69. The zero-order valence-electron chi connectivity index (χ0n) is 8.95. The van der Waals surface area contributed by atoms with Gasteiger partial charge in [-0.05, 0) is 19.3 Å². The van der Waals surface area contributed by atoms with Crippen LogP contribution in [0.15, 0.2) is 6.20 Å². The lowest BCUT2D eigenvalue weighted by molar-refractivity contribution is 0.107. The Morgan fingerprint density at radius 1 is 1.62 bits per heavy atom. The smallest absolute Gasteiger partial charge is 0.222 e. The summed E-state index contributed by atoms with van der Waals surface area (Å²) in [6.45, 7) is 1.66. The Balaban J connectivity index is 1.82. The Labute approximate surface area is 99.4 Å². The molecule has 1 aliphatic heterocycles. The summed E-state index contributed by atoms with van der Waals surface area (Å²) in [7, 11) is 0. The number of hydrogen-bond donors (Lipinski definition) is 2. The zero-order chi connectivity index (χ0) is 11.4. The number of ether oxygens (including phenoxy) is 1. The first kappa shape index (κ1) is 11.4. The van der Waals surface area contributed by atoms with Crippen molar-refractivity contribution in [1.29, 1.82) is 0 Å². The number of anilines is 2. The molecule has 5 nitrogen and oxygen atoms in total. The molecule has 0 radical (unpaired) electrons. The number of hydrogen-bond acceptors (Lipinski definition) is 5. The third-order valence-electron chi connectivity index (χ3n) is 2.55. The van der Waals surface area contributed by atoms with Crippen LogP contribution in [0.4, 0.5) is 11.8 Å². The highest BCUT2D eigenvalue weighted by atomic mass is 35.5. The van der Waals surface area contributed by atoms with Gasteiger partial charge in [0.15, 0.2) is 0 Å². The van der Waals surface area contributed by atoms with E-state index in [-0.39, 0.29) is 5.95 Å². The van der Waals surface area contributed by atoms with E-state index >= 15 is 0 Å². The topological polar surface area (TPSA) is 73.1 Å². The van der Waals surface area contributed by atoms with E-state index in [4.69, 9.17) is 22.1 Å². The van der Waals surface area contributed by atoms with Crippen LogP contribution >= 0.6 is 11.6 Å². The van der Waals surface area contributed by atoms with Gasteiger partial charge in [-0.3, -0.25) is 0 Å². The van der Waals surface area contributed by atoms with Gasteiger partial charge in [-0.25, -0.2) is 4.98 Å². The minimum absolute atomic E-state index is 0.226. The SMILES string of the molecule is Nc1ncc(Cl)c(NCCC2CCCO2)n1. The van der Waals surface area contributed by atoms with Crippen LogP contribution in [0.5, 0.6) is 0 Å². The molecule has 1 aromatic rings. The van der Waals surface area contributed by atoms with E-state index in [2.05, 4.69) is 15.3 Å². The minimum Gasteiger partial charge on any atom is -0.378 e. The Morgan fingerprint density at radius 3 is 3.25 bits per heavy atom. The van der Waals surface area contributed by atoms with Crippen molar-refractivity contribution in [3.8, 4) is 0 Å². The first-order valence-corrected chi connectivity index (χ1v) is 5.77. The monoisotopic (exact) mass is 242 g/mol. The summed E-state index contributed by atoms with van der Waals surface area (Å²) in [5, 5.41) is 3.63. The highest BCUT2D eigenvalue weighted by molar-refractivity contribution is 6.32. The fourth-order valence-electron chi connectivity index (χ4n) is 1.73. The van der Waals surface area contributed by atoms with E-state index in [0.717, 1.165) is 32.4 Å². The van der Waals surface area contributed by atoms with Gasteiger partial charge in [-0.2, -0.15) is 4.98 Å². The maximum atomic E-state index is 5.92. The lowest BCUT2D eigenvalue weighted by Crippen LogP contribution is -2.13. The lowest BCUT2D eigenvalue weighted by atomic mass is 10.2. The van der Waals surface area contributed by atoms with Gasteiger partial charge < -0.3 is 15.8 Å². The molecular weight excluding hydrogens is 228 g/mol. The van der Waals surface area contributed by atoms with E-state index in [1.165, 1.54) is 6.20 Å². The summed E-state index contributed by atoms with van der Waals surface area (Å²) >= 11 is 5.92. The molecule has 0 aromatic carbocycles. The van der Waals surface area contributed by atoms with Crippen molar-refractivity contribution < 1.29 is 4.74 Å². The highest BCUT2D eigenvalue weighted by Crippen LogP contribution is 2.19. The standard InChI is InChI=1S/C10H15ClN4O/c11-8-6-14-10(12)15-9(8)13-4-3-7-2-1-5-16-7/h6-7H,1-5H2,(H3,12,13,14,15). The Kier molecular flexibility index (Phi) is 3.79. The van der Waals surface area contributed by atoms with Gasteiger partial charge in [-0.1, -0.05) is 11.6 Å². The number of nitrogen functional groups attached to an aromatic ring is 1. The van der Waals surface area contributed by atoms with Gasteiger partial charge >= 0.3 is 0 Å². The van der Waals surface area contributed by atoms with Gasteiger partial charge in [-0.15, -0.1) is 0 Å². The number of aromatic nitrogens is 2. The summed E-state index contributed by atoms with van der Waals surface area (Å²) in [5.41, 5.74) is 5.48. The molecule has 0 aliphatic carbocycles. The molecular formula is C10H15ClN4O. The van der Waals surface area contributed by atoms with Crippen molar-refractivity contribution in [2.24, 2.45) is 0 Å². The van der Waals surface area contributed by atoms with Crippen LogP contribution < -0.4 is 11.1 Å². The quantitative estimate of drug-likeness (QED) is 0.841. The lowest BCUT2D eigenvalue weighted by Gasteiger charge is -2.11. The molecule has 1 aliphatic rings. The van der Waals surface area contributed by atoms with Crippen LogP contribution in [-0.2, 0) is 4.74 Å². The van der Waals surface area contributed by atoms with Gasteiger partial charge in [0.1, 0.15) is 10.8 Å². The van der Waals surface area contributed by atoms with E-state index in [1.54, 1.807) is 0 Å². The van der Waals surface area contributed by atoms with Crippen molar-refractivity contribution in [3.63, 3.8) is 0 Å². The third-order valence-corrected chi connectivity index (χ3v) is 2.82. The van der Waals surface area contributed by atoms with Crippen LogP contribution in [0, 0.1) is 0 Å². The van der Waals surface area contributed by atoms with Crippen LogP contribution in [0.25, 0.3) is 0 Å². The molecule has 1 saturated heterocycles. The van der Waals surface area contributed by atoms with E-state index in [9.17, 15) is 0 Å². The van der Waals surface area contributed by atoms with Crippen LogP contribution in [-0.4, -0.2) is 29.2 Å². The van der Waals surface area contributed by atoms with Gasteiger partial charge in [0.05, 0.1) is 12.3 Å². The van der Waals surface area contributed by atoms with Gasteiger partial charge in [0.25, 0.3) is 0 Å². The van der Waals surface area contributed by atoms with Crippen molar-refractivity contribution >= 4 is 23.4 Å². The summed E-state index contributed by atoms with van der Waals surface area (Å²) in [5.74, 6) is 0.816. The number of rotatable bonds is 4. The fraction of sp³-hybridized carbons (Fsp3) is 0.600. The normalized spacial score (nSPS) is 19.9. The molecule has 3 N–H and O–H groups in total. The summed E-state index contributed by atoms with van der Waals surface area (Å²) in [4.78, 5) is 7.81. The Morgan fingerprint density at radius 2 is 2.50 bits per heavy atom. The molecule has 1 unspecified atom stereocenters. The predicted molar refractivity (Wildman–Crippen MR) is 63.5 cm³/mol. The van der Waals surface area contributed by atoms with Crippen LogP contribution in [0.1, 0.15) is 19.3 Å². The van der Waals surface area contributed by atoms with Crippen molar-refractivity contribution in [2.75, 3.05) is 24.2 Å². The zero-order valence-corrected chi connectivity index (χ0v) is 9.70. The summed E-state index contributed by atoms with van der Waals surface area (Å²) in [6, 6.07) is 0. The number of nitrogens with zero attached hydrogens (tertiary/aromatic N) is 2. The van der Waals surface area contributed by atoms with E-state index in [0.29, 0.717) is 16.9 Å². The average Bonchev–Trinajstić information content (AvgIpc) is 2.76. The maximum Gasteiger partial charge on any atom is 0.222 e. The maximum absolute atomic E-state index is 5.92. The molecule has 1 atom stereocenters. The minimum atomic E-state index is 0.226. The van der Waals surface area contributed by atoms with E-state index < -0.39 is 0 Å². The second-order valence-corrected chi connectivity index (χ2v) is 4.18. The second kappa shape index (κ2) is 5.32. The molecule has 0 amide bonds. The van der Waals surface area contributed by atoms with Crippen molar-refractivity contribution in [3.05, 3.63) is 11.2 Å². The Bertz CT molecular complexity index is 355. The summed E-state index contributed by atoms with van der Waals surface area (Å²) < 4.78 is 5.51. The fourth-order valence-corrected chi connectivity index (χ4v) is 1.89. The summed E-state index contributed by atoms with van der Waals surface area (Å²) in [6.07, 6.45) is 5.12. The first-order chi connectivity index (χ1) is 7.75. The highest BCUT2D eigenvalue weighted by Gasteiger charge is 2.14. The molecule has 2 rings (SSSR count). The van der Waals surface area contributed by atoms with Crippen molar-refractivity contribution in [2.45, 2.75) is 25.4 Å². The number of nitrogens with two attached hydrogens (primary N) is 1. The molecule has 6 heteroatoms. The molecule has 0 bridgehead atoms. The van der Waals surface area contributed by atoms with Gasteiger partial charge in [0.2, 0.25) is 5.95 Å². The third kappa shape index (κ3) is 2.96. The molecule has 16 heavy (non-hydrogen) atoms. The second-order valence-electron chi connectivity index (χ2n) is 3.78. The average molecular weight is 243 g/mol.